The highest BCUT2D eigenvalue weighted by atomic mass is 127. The fourth-order valence-corrected chi connectivity index (χ4v) is 3.63. The molecule has 2 N–H and O–H groups in total. The van der Waals surface area contributed by atoms with Crippen LogP contribution in [0.5, 0.6) is 11.5 Å². The summed E-state index contributed by atoms with van der Waals surface area (Å²) < 4.78 is 11.4. The molecular formula is C19H28IN3O2. The molecule has 6 heteroatoms. The summed E-state index contributed by atoms with van der Waals surface area (Å²) in [7, 11) is 1.80. The van der Waals surface area contributed by atoms with Crippen LogP contribution in [-0.2, 0) is 5.41 Å². The first-order chi connectivity index (χ1) is 11.8. The van der Waals surface area contributed by atoms with Crippen molar-refractivity contribution in [1.82, 2.24) is 10.6 Å². The van der Waals surface area contributed by atoms with Gasteiger partial charge in [-0.1, -0.05) is 25.0 Å². The van der Waals surface area contributed by atoms with E-state index in [9.17, 15) is 0 Å². The van der Waals surface area contributed by atoms with Gasteiger partial charge in [-0.15, -0.1) is 30.6 Å². The third kappa shape index (κ3) is 4.59. The van der Waals surface area contributed by atoms with E-state index in [0.29, 0.717) is 19.8 Å². The third-order valence-electron chi connectivity index (χ3n) is 4.95. The van der Waals surface area contributed by atoms with Gasteiger partial charge < -0.3 is 20.1 Å². The Bertz CT molecular complexity index is 613. The number of hydrogen-bond acceptors (Lipinski definition) is 3. The summed E-state index contributed by atoms with van der Waals surface area (Å²) in [4.78, 5) is 4.28. The summed E-state index contributed by atoms with van der Waals surface area (Å²) in [5, 5.41) is 6.72. The maximum absolute atomic E-state index is 5.78. The SMILES string of the molecule is C=CCNC(=NC)NCC1(c2ccc3c(c2)OCCO3)CCCC1.I. The minimum absolute atomic E-state index is 0. The van der Waals surface area contributed by atoms with E-state index in [4.69, 9.17) is 9.47 Å². The molecule has 0 amide bonds. The summed E-state index contributed by atoms with van der Waals surface area (Å²) in [6.45, 7) is 6.56. The molecule has 1 aliphatic heterocycles. The zero-order valence-electron chi connectivity index (χ0n) is 14.8. The average Bonchev–Trinajstić information content (AvgIpc) is 3.11. The average molecular weight is 457 g/mol. The lowest BCUT2D eigenvalue weighted by molar-refractivity contribution is 0.171. The van der Waals surface area contributed by atoms with Crippen molar-refractivity contribution in [1.29, 1.82) is 0 Å². The molecule has 25 heavy (non-hydrogen) atoms. The highest BCUT2D eigenvalue weighted by Gasteiger charge is 2.36. The molecule has 0 atom stereocenters. The molecule has 1 aromatic carbocycles. The van der Waals surface area contributed by atoms with Crippen LogP contribution < -0.4 is 20.1 Å². The standard InChI is InChI=1S/C19H27N3O2.HI/c1-3-10-21-18(20-2)22-14-19(8-4-5-9-19)15-6-7-16-17(13-15)24-12-11-23-16;/h3,6-7,13H,1,4-5,8-12,14H2,2H3,(H2,20,21,22);1H. The number of guanidine groups is 1. The lowest BCUT2D eigenvalue weighted by atomic mass is 9.78. The zero-order chi connectivity index (χ0) is 16.8. The number of nitrogens with zero attached hydrogens (tertiary/aromatic N) is 1. The lowest BCUT2D eigenvalue weighted by Crippen LogP contribution is -2.44. The molecule has 0 saturated heterocycles. The highest BCUT2D eigenvalue weighted by Crippen LogP contribution is 2.43. The largest absolute Gasteiger partial charge is 0.486 e. The van der Waals surface area contributed by atoms with Crippen LogP contribution in [0.1, 0.15) is 31.2 Å². The highest BCUT2D eigenvalue weighted by molar-refractivity contribution is 14.0. The summed E-state index contributed by atoms with van der Waals surface area (Å²) >= 11 is 0. The summed E-state index contributed by atoms with van der Waals surface area (Å²) in [6.07, 6.45) is 6.71. The van der Waals surface area contributed by atoms with Crippen molar-refractivity contribution < 1.29 is 9.47 Å². The van der Waals surface area contributed by atoms with Gasteiger partial charge in [0.15, 0.2) is 17.5 Å². The van der Waals surface area contributed by atoms with Crippen LogP contribution >= 0.6 is 24.0 Å². The second-order valence-corrected chi connectivity index (χ2v) is 6.44. The Morgan fingerprint density at radius 3 is 2.60 bits per heavy atom. The Kier molecular flexibility index (Phi) is 7.40. The van der Waals surface area contributed by atoms with E-state index >= 15 is 0 Å². The maximum atomic E-state index is 5.78. The van der Waals surface area contributed by atoms with Gasteiger partial charge in [0.1, 0.15) is 13.2 Å². The molecule has 1 heterocycles. The predicted molar refractivity (Wildman–Crippen MR) is 113 cm³/mol. The number of nitrogens with one attached hydrogen (secondary N) is 2. The second-order valence-electron chi connectivity index (χ2n) is 6.44. The van der Waals surface area contributed by atoms with Gasteiger partial charge >= 0.3 is 0 Å². The Morgan fingerprint density at radius 1 is 1.20 bits per heavy atom. The van der Waals surface area contributed by atoms with Crippen LogP contribution in [0.2, 0.25) is 0 Å². The Hall–Kier alpha value is -1.44. The number of halogens is 1. The second kappa shape index (κ2) is 9.31. The summed E-state index contributed by atoms with van der Waals surface area (Å²) in [6, 6.07) is 6.41. The monoisotopic (exact) mass is 457 g/mol. The predicted octanol–water partition coefficient (Wildman–Crippen LogP) is 3.24. The molecule has 0 unspecified atom stereocenters. The van der Waals surface area contributed by atoms with E-state index in [1.54, 1.807) is 7.05 Å². The fourth-order valence-electron chi connectivity index (χ4n) is 3.63. The smallest absolute Gasteiger partial charge is 0.191 e. The van der Waals surface area contributed by atoms with E-state index in [-0.39, 0.29) is 29.4 Å². The molecule has 2 aliphatic rings. The van der Waals surface area contributed by atoms with Gasteiger partial charge in [0.05, 0.1) is 0 Å². The molecular weight excluding hydrogens is 429 g/mol. The van der Waals surface area contributed by atoms with E-state index in [1.165, 1.54) is 31.2 Å². The van der Waals surface area contributed by atoms with Gasteiger partial charge in [-0.05, 0) is 30.5 Å². The minimum Gasteiger partial charge on any atom is -0.486 e. The van der Waals surface area contributed by atoms with Crippen molar-refractivity contribution in [3.8, 4) is 11.5 Å². The van der Waals surface area contributed by atoms with Gasteiger partial charge in [0.2, 0.25) is 0 Å². The van der Waals surface area contributed by atoms with Gasteiger partial charge in [-0.25, -0.2) is 0 Å². The first-order valence-electron chi connectivity index (χ1n) is 8.73. The first kappa shape index (κ1) is 19.9. The minimum atomic E-state index is 0. The number of aliphatic imine (C=N–C) groups is 1. The Labute approximate surface area is 167 Å². The molecule has 0 spiro atoms. The van der Waals surface area contributed by atoms with Gasteiger partial charge in [0, 0.05) is 25.6 Å². The van der Waals surface area contributed by atoms with Crippen LogP contribution in [0.3, 0.4) is 0 Å². The molecule has 0 bridgehead atoms. The number of ether oxygens (including phenoxy) is 2. The molecule has 0 radical (unpaired) electrons. The van der Waals surface area contributed by atoms with E-state index in [2.05, 4.69) is 40.4 Å². The number of hydrogen-bond donors (Lipinski definition) is 2. The third-order valence-corrected chi connectivity index (χ3v) is 4.95. The summed E-state index contributed by atoms with van der Waals surface area (Å²) in [5.74, 6) is 2.55. The zero-order valence-corrected chi connectivity index (χ0v) is 17.2. The molecule has 1 saturated carbocycles. The molecule has 5 nitrogen and oxygen atoms in total. The van der Waals surface area contributed by atoms with Crippen molar-refractivity contribution in [3.63, 3.8) is 0 Å². The molecule has 1 aliphatic carbocycles. The molecule has 138 valence electrons. The van der Waals surface area contributed by atoms with Gasteiger partial charge in [0.25, 0.3) is 0 Å². The Morgan fingerprint density at radius 2 is 1.92 bits per heavy atom. The number of rotatable bonds is 5. The lowest BCUT2D eigenvalue weighted by Gasteiger charge is -2.32. The van der Waals surface area contributed by atoms with Crippen molar-refractivity contribution in [2.45, 2.75) is 31.1 Å². The van der Waals surface area contributed by atoms with Crippen LogP contribution in [0, 0.1) is 0 Å². The van der Waals surface area contributed by atoms with E-state index < -0.39 is 0 Å². The molecule has 0 aromatic heterocycles. The van der Waals surface area contributed by atoms with E-state index in [0.717, 1.165) is 24.0 Å². The van der Waals surface area contributed by atoms with Crippen LogP contribution in [-0.4, -0.2) is 39.3 Å². The van der Waals surface area contributed by atoms with Gasteiger partial charge in [-0.3, -0.25) is 4.99 Å². The number of benzene rings is 1. The van der Waals surface area contributed by atoms with Crippen LogP contribution in [0.25, 0.3) is 0 Å². The fraction of sp³-hybridized carbons (Fsp3) is 0.526. The quantitative estimate of drug-likeness (QED) is 0.309. The van der Waals surface area contributed by atoms with Gasteiger partial charge in [-0.2, -0.15) is 0 Å². The van der Waals surface area contributed by atoms with Crippen molar-refractivity contribution >= 4 is 29.9 Å². The van der Waals surface area contributed by atoms with Crippen molar-refractivity contribution in [2.75, 3.05) is 33.4 Å². The number of fused-ring (bicyclic) bond motifs is 1. The summed E-state index contributed by atoms with van der Waals surface area (Å²) in [5.41, 5.74) is 1.46. The van der Waals surface area contributed by atoms with E-state index in [1.807, 2.05) is 6.08 Å². The van der Waals surface area contributed by atoms with Crippen molar-refractivity contribution in [2.24, 2.45) is 4.99 Å². The maximum Gasteiger partial charge on any atom is 0.191 e. The van der Waals surface area contributed by atoms with Crippen LogP contribution in [0.4, 0.5) is 0 Å². The normalized spacial score (nSPS) is 18.2. The first-order valence-corrected chi connectivity index (χ1v) is 8.73. The Balaban J connectivity index is 0.00000225. The molecule has 1 fully saturated rings. The van der Waals surface area contributed by atoms with Crippen molar-refractivity contribution in [3.05, 3.63) is 36.4 Å². The topological polar surface area (TPSA) is 54.9 Å². The molecule has 1 aromatic rings. The molecule has 3 rings (SSSR count). The van der Waals surface area contributed by atoms with Crippen LogP contribution in [0.15, 0.2) is 35.8 Å².